The lowest BCUT2D eigenvalue weighted by Crippen LogP contribution is -1.95. The van der Waals surface area contributed by atoms with Crippen LogP contribution in [0.3, 0.4) is 0 Å². The predicted octanol–water partition coefficient (Wildman–Crippen LogP) is 2.43. The number of rotatable bonds is 2. The molecule has 0 atom stereocenters. The van der Waals surface area contributed by atoms with E-state index in [0.717, 1.165) is 28.8 Å². The summed E-state index contributed by atoms with van der Waals surface area (Å²) >= 11 is 1.11. The standard InChI is InChI=1S/C11H9F2NO2.Al.H/c1-5-6(2)16-11(14-5)8-3-7(12)4-9(13)10(8)15;;/h3-4,15H,1-2H3;;/q;+1;/p-1. The van der Waals surface area contributed by atoms with Gasteiger partial charge < -0.3 is 8.21 Å². The zero-order valence-electron chi connectivity index (χ0n) is 9.38. The van der Waals surface area contributed by atoms with E-state index in [1.807, 2.05) is 0 Å². The molecule has 1 aromatic carbocycles. The van der Waals surface area contributed by atoms with Crippen molar-refractivity contribution in [2.45, 2.75) is 13.8 Å². The van der Waals surface area contributed by atoms with E-state index in [4.69, 9.17) is 8.21 Å². The molecule has 0 amide bonds. The Morgan fingerprint density at radius 2 is 2.00 bits per heavy atom. The number of oxazole rings is 1. The van der Waals surface area contributed by atoms with Crippen molar-refractivity contribution in [3.05, 3.63) is 35.2 Å². The smallest absolute Gasteiger partial charge is 0.494 e. The molecule has 2 aromatic rings. The summed E-state index contributed by atoms with van der Waals surface area (Å²) in [4.78, 5) is 4.09. The van der Waals surface area contributed by atoms with Crippen molar-refractivity contribution >= 4 is 16.6 Å². The zero-order chi connectivity index (χ0) is 12.6. The van der Waals surface area contributed by atoms with Gasteiger partial charge in [0.1, 0.15) is 17.3 Å². The summed E-state index contributed by atoms with van der Waals surface area (Å²) in [5.41, 5.74) is 0.850. The summed E-state index contributed by atoms with van der Waals surface area (Å²) in [5, 5.41) is 0. The van der Waals surface area contributed by atoms with Gasteiger partial charge >= 0.3 is 16.6 Å². The molecule has 0 aliphatic carbocycles. The zero-order valence-corrected chi connectivity index (χ0v) is 10.8. The van der Waals surface area contributed by atoms with Gasteiger partial charge in [-0.05, 0) is 19.9 Å². The van der Waals surface area contributed by atoms with Gasteiger partial charge in [0.05, 0.1) is 11.3 Å². The van der Waals surface area contributed by atoms with Crippen molar-refractivity contribution in [3.63, 3.8) is 0 Å². The van der Waals surface area contributed by atoms with Crippen LogP contribution in [0.5, 0.6) is 5.75 Å². The Morgan fingerprint density at radius 3 is 2.53 bits per heavy atom. The van der Waals surface area contributed by atoms with E-state index < -0.39 is 11.6 Å². The normalized spacial score (nSPS) is 10.6. The van der Waals surface area contributed by atoms with E-state index in [0.29, 0.717) is 11.5 Å². The number of aryl methyl sites for hydroxylation is 2. The van der Waals surface area contributed by atoms with Gasteiger partial charge in [-0.1, -0.05) is 0 Å². The first-order valence-corrected chi connectivity index (χ1v) is 5.46. The molecule has 0 fully saturated rings. The van der Waals surface area contributed by atoms with Crippen LogP contribution >= 0.6 is 0 Å². The van der Waals surface area contributed by atoms with Crippen LogP contribution in [0.4, 0.5) is 8.78 Å². The maximum Gasteiger partial charge on any atom is 0.494 e. The highest BCUT2D eigenvalue weighted by molar-refractivity contribution is 6.00. The minimum absolute atomic E-state index is 0.0639. The van der Waals surface area contributed by atoms with Crippen molar-refractivity contribution in [3.8, 4) is 17.2 Å². The molecule has 0 aliphatic heterocycles. The monoisotopic (exact) mass is 252 g/mol. The topological polar surface area (TPSA) is 35.3 Å². The second kappa shape index (κ2) is 4.48. The molecule has 1 radical (unpaired) electrons. The fourth-order valence-corrected chi connectivity index (χ4v) is 1.75. The Morgan fingerprint density at radius 1 is 1.29 bits per heavy atom. The van der Waals surface area contributed by atoms with Gasteiger partial charge in [0.15, 0.2) is 5.82 Å². The number of hydrogen-bond donors (Lipinski definition) is 0. The molecule has 0 unspecified atom stereocenters. The molecule has 3 nitrogen and oxygen atoms in total. The Bertz CT molecular complexity index is 549. The lowest BCUT2D eigenvalue weighted by atomic mass is 10.2. The third-order valence-corrected chi connectivity index (χ3v) is 2.70. The van der Waals surface area contributed by atoms with Crippen LogP contribution in [-0.4, -0.2) is 21.6 Å². The average molecular weight is 252 g/mol. The lowest BCUT2D eigenvalue weighted by Gasteiger charge is -2.08. The second-order valence-corrected chi connectivity index (χ2v) is 3.86. The molecule has 0 saturated carbocycles. The van der Waals surface area contributed by atoms with E-state index >= 15 is 0 Å². The first kappa shape index (κ1) is 12.1. The quantitative estimate of drug-likeness (QED) is 0.770. The third kappa shape index (κ3) is 2.19. The molecule has 87 valence electrons. The summed E-state index contributed by atoms with van der Waals surface area (Å²) in [6, 6.07) is 1.90. The maximum absolute atomic E-state index is 13.5. The summed E-state index contributed by atoms with van der Waals surface area (Å²) in [6.45, 7) is 3.49. The Balaban J connectivity index is 2.65. The number of hydrogen-bond acceptors (Lipinski definition) is 3. The van der Waals surface area contributed by atoms with E-state index in [1.165, 1.54) is 0 Å². The largest absolute Gasteiger partial charge is 0.648 e. The lowest BCUT2D eigenvalue weighted by molar-refractivity contribution is 0.503. The second-order valence-electron chi connectivity index (χ2n) is 3.57. The molecule has 1 aromatic heterocycles. The molecule has 2 rings (SSSR count). The Kier molecular flexibility index (Phi) is 3.18. The Labute approximate surface area is 105 Å². The summed E-state index contributed by atoms with van der Waals surface area (Å²) < 4.78 is 36.9. The number of nitrogens with zero attached hydrogens (tertiary/aromatic N) is 1. The van der Waals surface area contributed by atoms with Gasteiger partial charge in [-0.3, -0.25) is 0 Å². The summed E-state index contributed by atoms with van der Waals surface area (Å²) in [7, 11) is 0. The third-order valence-electron chi connectivity index (χ3n) is 2.41. The fourth-order valence-electron chi connectivity index (χ4n) is 1.45. The van der Waals surface area contributed by atoms with E-state index in [1.54, 1.807) is 13.8 Å². The summed E-state index contributed by atoms with van der Waals surface area (Å²) in [5.74, 6) is -0.779. The van der Waals surface area contributed by atoms with Crippen LogP contribution in [0.15, 0.2) is 16.5 Å². The molecule has 6 heteroatoms. The van der Waals surface area contributed by atoms with Gasteiger partial charge in [-0.15, -0.1) is 0 Å². The van der Waals surface area contributed by atoms with Crippen LogP contribution in [-0.2, 0) is 0 Å². The molecule has 0 saturated heterocycles. The molecule has 0 bridgehead atoms. The minimum atomic E-state index is -0.775. The first-order chi connectivity index (χ1) is 8.02. The van der Waals surface area contributed by atoms with Crippen molar-refractivity contribution in [2.75, 3.05) is 0 Å². The first-order valence-electron chi connectivity index (χ1n) is 4.88. The fraction of sp³-hybridized carbons (Fsp3) is 0.182. The average Bonchev–Trinajstić information content (AvgIpc) is 2.58. The highest BCUT2D eigenvalue weighted by Crippen LogP contribution is 2.33. The molecule has 1 heterocycles. The van der Waals surface area contributed by atoms with Crippen molar-refractivity contribution in [2.24, 2.45) is 0 Å². The predicted molar refractivity (Wildman–Crippen MR) is 59.1 cm³/mol. The minimum Gasteiger partial charge on any atom is -0.648 e. The maximum atomic E-state index is 13.5. The van der Waals surface area contributed by atoms with Crippen LogP contribution in [0, 0.1) is 25.5 Å². The van der Waals surface area contributed by atoms with Crippen molar-refractivity contribution in [1.29, 1.82) is 0 Å². The van der Waals surface area contributed by atoms with Crippen molar-refractivity contribution in [1.82, 2.24) is 4.98 Å². The van der Waals surface area contributed by atoms with Crippen LogP contribution in [0.25, 0.3) is 11.5 Å². The number of aromatic nitrogens is 1. The van der Waals surface area contributed by atoms with Crippen molar-refractivity contribution < 1.29 is 17.0 Å². The highest BCUT2D eigenvalue weighted by atomic mass is 27.1. The SMILES string of the molecule is Cc1nc(-c2cc(F)cc(F)c2[O][AlH])oc1C. The molecule has 0 N–H and O–H groups in total. The van der Waals surface area contributed by atoms with Gasteiger partial charge in [0, 0.05) is 6.07 Å². The van der Waals surface area contributed by atoms with E-state index in [-0.39, 0.29) is 17.2 Å². The van der Waals surface area contributed by atoms with Gasteiger partial charge in [0.2, 0.25) is 5.89 Å². The molecular formula is C11H9AlF2NO2. The molecule has 0 aliphatic rings. The van der Waals surface area contributed by atoms with Crippen LogP contribution < -0.4 is 3.79 Å². The van der Waals surface area contributed by atoms with E-state index in [2.05, 4.69) is 4.98 Å². The molecule has 17 heavy (non-hydrogen) atoms. The summed E-state index contributed by atoms with van der Waals surface area (Å²) in [6.07, 6.45) is 0. The molecule has 0 spiro atoms. The van der Waals surface area contributed by atoms with Crippen LogP contribution in [0.1, 0.15) is 11.5 Å². The highest BCUT2D eigenvalue weighted by Gasteiger charge is 2.17. The van der Waals surface area contributed by atoms with Gasteiger partial charge in [-0.25, -0.2) is 13.8 Å². The van der Waals surface area contributed by atoms with Gasteiger partial charge in [0.25, 0.3) is 0 Å². The number of halogens is 2. The van der Waals surface area contributed by atoms with E-state index in [9.17, 15) is 8.78 Å². The van der Waals surface area contributed by atoms with Gasteiger partial charge in [-0.2, -0.15) is 0 Å². The number of benzene rings is 1. The Hall–Kier alpha value is -1.38. The molecular weight excluding hydrogens is 243 g/mol. The van der Waals surface area contributed by atoms with Crippen LogP contribution in [0.2, 0.25) is 0 Å².